The molecule has 1 saturated carbocycles. The zero-order valence-electron chi connectivity index (χ0n) is 13.6. The van der Waals surface area contributed by atoms with Crippen LogP contribution in [-0.2, 0) is 9.53 Å². The summed E-state index contributed by atoms with van der Waals surface area (Å²) in [6.07, 6.45) is 1.77. The van der Waals surface area contributed by atoms with E-state index in [2.05, 4.69) is 5.32 Å². The largest absolute Gasteiger partial charge is 0.496 e. The maximum atomic E-state index is 12.2. The van der Waals surface area contributed by atoms with Crippen LogP contribution in [0.15, 0.2) is 18.2 Å². The topological polar surface area (TPSA) is 90.7 Å². The highest BCUT2D eigenvalue weighted by Crippen LogP contribution is 2.30. The fourth-order valence-electron chi connectivity index (χ4n) is 2.22. The Morgan fingerprint density at radius 1 is 1.43 bits per heavy atom. The van der Waals surface area contributed by atoms with Crippen molar-refractivity contribution in [1.29, 1.82) is 0 Å². The van der Waals surface area contributed by atoms with Gasteiger partial charge in [0.05, 0.1) is 24.7 Å². The van der Waals surface area contributed by atoms with E-state index in [1.807, 2.05) is 0 Å². The van der Waals surface area contributed by atoms with Gasteiger partial charge in [-0.25, -0.2) is 0 Å². The summed E-state index contributed by atoms with van der Waals surface area (Å²) in [7, 11) is 1.49. The maximum absolute atomic E-state index is 12.2. The Balaban J connectivity index is 2.02. The SMILES string of the molecule is COc1ccc([N+](=O)[O-])cc1[C@@H](C)NC(=O)[C@@H](C)OCC1CC1. The predicted octanol–water partition coefficient (Wildman–Crippen LogP) is 2.60. The number of nitro groups is 1. The second-order valence-electron chi connectivity index (χ2n) is 5.83. The predicted molar refractivity (Wildman–Crippen MR) is 84.3 cm³/mol. The van der Waals surface area contributed by atoms with Gasteiger partial charge < -0.3 is 14.8 Å². The quantitative estimate of drug-likeness (QED) is 0.587. The Morgan fingerprint density at radius 3 is 2.70 bits per heavy atom. The molecule has 1 fully saturated rings. The Morgan fingerprint density at radius 2 is 2.13 bits per heavy atom. The minimum Gasteiger partial charge on any atom is -0.496 e. The van der Waals surface area contributed by atoms with E-state index in [0.29, 0.717) is 23.8 Å². The average Bonchev–Trinajstić information content (AvgIpc) is 3.35. The molecule has 0 saturated heterocycles. The van der Waals surface area contributed by atoms with Crippen LogP contribution in [0.5, 0.6) is 5.75 Å². The molecule has 1 aromatic rings. The molecule has 2 atom stereocenters. The number of rotatable bonds is 8. The van der Waals surface area contributed by atoms with Crippen molar-refractivity contribution < 1.29 is 19.2 Å². The maximum Gasteiger partial charge on any atom is 0.270 e. The third-order valence-corrected chi connectivity index (χ3v) is 3.90. The fourth-order valence-corrected chi connectivity index (χ4v) is 2.22. The minimum absolute atomic E-state index is 0.0417. The Bertz CT molecular complexity index is 586. The van der Waals surface area contributed by atoms with E-state index in [-0.39, 0.29) is 11.6 Å². The van der Waals surface area contributed by atoms with Crippen molar-refractivity contribution in [2.24, 2.45) is 5.92 Å². The number of carbonyl (C=O) groups is 1. The molecule has 1 amide bonds. The molecule has 0 spiro atoms. The van der Waals surface area contributed by atoms with Crippen LogP contribution in [0.2, 0.25) is 0 Å². The van der Waals surface area contributed by atoms with Crippen LogP contribution in [0.3, 0.4) is 0 Å². The molecule has 0 aliphatic heterocycles. The number of nitrogens with one attached hydrogen (secondary N) is 1. The monoisotopic (exact) mass is 322 g/mol. The van der Waals surface area contributed by atoms with Crippen LogP contribution in [0.1, 0.15) is 38.3 Å². The van der Waals surface area contributed by atoms with Crippen molar-refractivity contribution in [1.82, 2.24) is 5.32 Å². The summed E-state index contributed by atoms with van der Waals surface area (Å²) < 4.78 is 10.8. The second-order valence-corrected chi connectivity index (χ2v) is 5.83. The molecule has 7 heteroatoms. The summed E-state index contributed by atoms with van der Waals surface area (Å²) in [6, 6.07) is 3.89. The summed E-state index contributed by atoms with van der Waals surface area (Å²) in [5.41, 5.74) is 0.518. The van der Waals surface area contributed by atoms with Gasteiger partial charge in [-0.1, -0.05) is 0 Å². The molecular weight excluding hydrogens is 300 g/mol. The normalized spacial score (nSPS) is 16.5. The summed E-state index contributed by atoms with van der Waals surface area (Å²) in [4.78, 5) is 22.6. The molecule has 1 aliphatic rings. The number of hydrogen-bond acceptors (Lipinski definition) is 5. The van der Waals surface area contributed by atoms with Gasteiger partial charge in [0.1, 0.15) is 11.9 Å². The van der Waals surface area contributed by atoms with E-state index in [9.17, 15) is 14.9 Å². The van der Waals surface area contributed by atoms with Crippen LogP contribution in [0.25, 0.3) is 0 Å². The Labute approximate surface area is 135 Å². The number of methoxy groups -OCH3 is 1. The van der Waals surface area contributed by atoms with Crippen LogP contribution in [-0.4, -0.2) is 30.7 Å². The lowest BCUT2D eigenvalue weighted by atomic mass is 10.1. The first-order valence-electron chi connectivity index (χ1n) is 7.66. The number of non-ortho nitro benzene ring substituents is 1. The molecule has 0 heterocycles. The summed E-state index contributed by atoms with van der Waals surface area (Å²) >= 11 is 0. The molecule has 0 unspecified atom stereocenters. The van der Waals surface area contributed by atoms with Gasteiger partial charge in [-0.3, -0.25) is 14.9 Å². The molecule has 2 rings (SSSR count). The van der Waals surface area contributed by atoms with E-state index in [4.69, 9.17) is 9.47 Å². The molecule has 23 heavy (non-hydrogen) atoms. The summed E-state index contributed by atoms with van der Waals surface area (Å²) in [5.74, 6) is 0.834. The van der Waals surface area contributed by atoms with Crippen molar-refractivity contribution in [3.05, 3.63) is 33.9 Å². The van der Waals surface area contributed by atoms with Crippen molar-refractivity contribution >= 4 is 11.6 Å². The zero-order chi connectivity index (χ0) is 17.0. The van der Waals surface area contributed by atoms with Crippen molar-refractivity contribution in [3.63, 3.8) is 0 Å². The van der Waals surface area contributed by atoms with E-state index in [1.165, 1.54) is 25.3 Å². The van der Waals surface area contributed by atoms with Gasteiger partial charge in [-0.2, -0.15) is 0 Å². The summed E-state index contributed by atoms with van der Waals surface area (Å²) in [6.45, 7) is 4.06. The third-order valence-electron chi connectivity index (χ3n) is 3.90. The van der Waals surface area contributed by atoms with Crippen LogP contribution >= 0.6 is 0 Å². The molecular formula is C16H22N2O5. The number of amides is 1. The summed E-state index contributed by atoms with van der Waals surface area (Å²) in [5, 5.41) is 13.7. The van der Waals surface area contributed by atoms with E-state index < -0.39 is 17.1 Å². The number of benzene rings is 1. The van der Waals surface area contributed by atoms with Gasteiger partial charge in [0.25, 0.3) is 5.69 Å². The molecule has 0 bridgehead atoms. The highest BCUT2D eigenvalue weighted by atomic mass is 16.6. The van der Waals surface area contributed by atoms with Crippen LogP contribution in [0.4, 0.5) is 5.69 Å². The zero-order valence-corrected chi connectivity index (χ0v) is 13.6. The van der Waals surface area contributed by atoms with E-state index in [0.717, 1.165) is 12.8 Å². The number of nitro benzene ring substituents is 1. The first-order chi connectivity index (χ1) is 10.9. The Kier molecular flexibility index (Phi) is 5.54. The smallest absolute Gasteiger partial charge is 0.270 e. The van der Waals surface area contributed by atoms with Gasteiger partial charge in [0, 0.05) is 17.7 Å². The number of ether oxygens (including phenoxy) is 2. The van der Waals surface area contributed by atoms with Crippen LogP contribution in [0, 0.1) is 16.0 Å². The number of carbonyl (C=O) groups excluding carboxylic acids is 1. The second kappa shape index (κ2) is 7.41. The van der Waals surface area contributed by atoms with Crippen molar-refractivity contribution in [2.45, 2.75) is 38.8 Å². The minimum atomic E-state index is -0.553. The van der Waals surface area contributed by atoms with Gasteiger partial charge in [-0.05, 0) is 38.7 Å². The Hall–Kier alpha value is -2.15. The molecule has 0 aromatic heterocycles. The van der Waals surface area contributed by atoms with Crippen molar-refractivity contribution in [3.8, 4) is 5.75 Å². The molecule has 1 N–H and O–H groups in total. The lowest BCUT2D eigenvalue weighted by Gasteiger charge is -2.20. The molecule has 1 aliphatic carbocycles. The highest BCUT2D eigenvalue weighted by molar-refractivity contribution is 5.80. The van der Waals surface area contributed by atoms with E-state index in [1.54, 1.807) is 13.8 Å². The average molecular weight is 322 g/mol. The van der Waals surface area contributed by atoms with Gasteiger partial charge in [-0.15, -0.1) is 0 Å². The first-order valence-corrected chi connectivity index (χ1v) is 7.66. The van der Waals surface area contributed by atoms with Crippen LogP contribution < -0.4 is 10.1 Å². The van der Waals surface area contributed by atoms with E-state index >= 15 is 0 Å². The standard InChI is InChI=1S/C16H22N2O5/c1-10(17-16(19)11(2)23-9-12-4-5-12)14-8-13(18(20)21)6-7-15(14)22-3/h6-8,10-12H,4-5,9H2,1-3H3,(H,17,19)/t10-,11-/m1/s1. The van der Waals surface area contributed by atoms with Crippen molar-refractivity contribution in [2.75, 3.05) is 13.7 Å². The number of hydrogen-bond donors (Lipinski definition) is 1. The first kappa shape index (κ1) is 17.2. The highest BCUT2D eigenvalue weighted by Gasteiger charge is 2.25. The van der Waals surface area contributed by atoms with Gasteiger partial charge in [0.15, 0.2) is 0 Å². The molecule has 7 nitrogen and oxygen atoms in total. The van der Waals surface area contributed by atoms with Gasteiger partial charge >= 0.3 is 0 Å². The van der Waals surface area contributed by atoms with Gasteiger partial charge in [0.2, 0.25) is 5.91 Å². The molecule has 0 radical (unpaired) electrons. The lowest BCUT2D eigenvalue weighted by Crippen LogP contribution is -2.36. The molecule has 1 aromatic carbocycles. The lowest BCUT2D eigenvalue weighted by molar-refractivity contribution is -0.385. The third kappa shape index (κ3) is 4.66. The molecule has 126 valence electrons. The fraction of sp³-hybridized carbons (Fsp3) is 0.562. The number of nitrogens with zero attached hydrogens (tertiary/aromatic N) is 1.